The van der Waals surface area contributed by atoms with E-state index < -0.39 is 23.9 Å². The molecule has 10 heteroatoms. The van der Waals surface area contributed by atoms with Crippen molar-refractivity contribution >= 4 is 22.8 Å². The predicted octanol–water partition coefficient (Wildman–Crippen LogP) is 2.85. The average Bonchev–Trinajstić information content (AvgIpc) is 3.29. The molecule has 4 rings (SSSR count). The molecule has 1 amide bonds. The van der Waals surface area contributed by atoms with E-state index in [-0.39, 0.29) is 18.0 Å². The van der Waals surface area contributed by atoms with Crippen LogP contribution in [0.25, 0.3) is 16.8 Å². The van der Waals surface area contributed by atoms with Gasteiger partial charge in [0.1, 0.15) is 6.04 Å². The molecular weight excluding hydrogens is 400 g/mol. The molecule has 154 valence electrons. The van der Waals surface area contributed by atoms with Crippen LogP contribution in [0.5, 0.6) is 0 Å². The first kappa shape index (κ1) is 19.9. The number of halogens is 2. The second kappa shape index (κ2) is 7.77. The molecule has 0 spiro atoms. The highest BCUT2D eigenvalue weighted by Crippen LogP contribution is 2.34. The number of rotatable bonds is 5. The SMILES string of the molecule is COCc1sc(C(=O)N[C@@H]2[C@H](N)CCCC2(F)F)nc1-c1cnn2ccccc12. The summed E-state index contributed by atoms with van der Waals surface area (Å²) < 4.78 is 35.5. The zero-order valence-corrected chi connectivity index (χ0v) is 16.6. The zero-order chi connectivity index (χ0) is 20.6. The normalized spacial score (nSPS) is 21.4. The molecule has 0 saturated heterocycles. The van der Waals surface area contributed by atoms with Crippen LogP contribution in [0, 0.1) is 0 Å². The van der Waals surface area contributed by atoms with Crippen LogP contribution in [-0.4, -0.2) is 45.6 Å². The van der Waals surface area contributed by atoms with Gasteiger partial charge in [-0.25, -0.2) is 18.3 Å². The van der Waals surface area contributed by atoms with E-state index in [1.165, 1.54) is 0 Å². The summed E-state index contributed by atoms with van der Waals surface area (Å²) in [4.78, 5) is 17.9. The quantitative estimate of drug-likeness (QED) is 0.661. The number of carbonyl (C=O) groups excluding carboxylic acids is 1. The molecule has 3 heterocycles. The van der Waals surface area contributed by atoms with E-state index in [0.29, 0.717) is 18.5 Å². The molecule has 1 saturated carbocycles. The molecule has 3 N–H and O–H groups in total. The van der Waals surface area contributed by atoms with Crippen LogP contribution >= 0.6 is 11.3 Å². The van der Waals surface area contributed by atoms with Gasteiger partial charge in [-0.3, -0.25) is 4.79 Å². The lowest BCUT2D eigenvalue weighted by Crippen LogP contribution is -2.59. The molecule has 3 aromatic rings. The third-order valence-electron chi connectivity index (χ3n) is 5.07. The van der Waals surface area contributed by atoms with Crippen LogP contribution in [0.3, 0.4) is 0 Å². The molecule has 0 bridgehead atoms. The second-order valence-corrected chi connectivity index (χ2v) is 8.16. The van der Waals surface area contributed by atoms with E-state index in [2.05, 4.69) is 15.4 Å². The number of methoxy groups -OCH3 is 1. The lowest BCUT2D eigenvalue weighted by atomic mass is 9.87. The zero-order valence-electron chi connectivity index (χ0n) is 15.8. The van der Waals surface area contributed by atoms with Gasteiger partial charge in [0.25, 0.3) is 11.8 Å². The minimum Gasteiger partial charge on any atom is -0.379 e. The number of pyridine rings is 1. The number of aromatic nitrogens is 3. The minimum atomic E-state index is -3.04. The Morgan fingerprint density at radius 1 is 1.48 bits per heavy atom. The van der Waals surface area contributed by atoms with E-state index in [1.54, 1.807) is 24.0 Å². The molecule has 0 aromatic carbocycles. The smallest absolute Gasteiger partial charge is 0.280 e. The van der Waals surface area contributed by atoms with Crippen molar-refractivity contribution in [3.05, 3.63) is 40.5 Å². The second-order valence-electron chi connectivity index (χ2n) is 7.08. The number of nitrogens with one attached hydrogen (secondary N) is 1. The van der Waals surface area contributed by atoms with Crippen molar-refractivity contribution in [3.63, 3.8) is 0 Å². The number of carbonyl (C=O) groups is 1. The van der Waals surface area contributed by atoms with Crippen LogP contribution in [0.2, 0.25) is 0 Å². The predicted molar refractivity (Wildman–Crippen MR) is 105 cm³/mol. The number of alkyl halides is 2. The Morgan fingerprint density at radius 2 is 2.31 bits per heavy atom. The molecule has 7 nitrogen and oxygen atoms in total. The number of hydrogen-bond acceptors (Lipinski definition) is 6. The summed E-state index contributed by atoms with van der Waals surface area (Å²) in [6, 6.07) is 3.43. The molecule has 0 aliphatic heterocycles. The molecule has 3 aromatic heterocycles. The fourth-order valence-electron chi connectivity index (χ4n) is 3.63. The van der Waals surface area contributed by atoms with Crippen molar-refractivity contribution in [1.29, 1.82) is 0 Å². The van der Waals surface area contributed by atoms with Crippen LogP contribution in [-0.2, 0) is 11.3 Å². The van der Waals surface area contributed by atoms with Gasteiger partial charge in [0.2, 0.25) is 0 Å². The largest absolute Gasteiger partial charge is 0.379 e. The van der Waals surface area contributed by atoms with Crippen LogP contribution in [0.15, 0.2) is 30.6 Å². The standard InChI is InChI=1S/C19H21F2N5O2S/c1-28-10-14-15(11-9-23-26-8-3-2-6-13(11)26)24-18(29-14)17(27)25-16-12(22)5-4-7-19(16,20)21/h2-3,6,8-9,12,16H,4-5,7,10,22H2,1H3,(H,25,27)/t12-,16-/m1/s1. The highest BCUT2D eigenvalue weighted by Gasteiger charge is 2.46. The molecule has 1 aliphatic rings. The van der Waals surface area contributed by atoms with Crippen molar-refractivity contribution in [2.45, 2.75) is 43.9 Å². The van der Waals surface area contributed by atoms with Crippen molar-refractivity contribution in [1.82, 2.24) is 19.9 Å². The summed E-state index contributed by atoms with van der Waals surface area (Å²) in [5.74, 6) is -3.69. The summed E-state index contributed by atoms with van der Waals surface area (Å²) in [6.45, 7) is 0.240. The third kappa shape index (κ3) is 3.75. The van der Waals surface area contributed by atoms with Crippen LogP contribution < -0.4 is 11.1 Å². The topological polar surface area (TPSA) is 94.5 Å². The number of nitrogens with zero attached hydrogens (tertiary/aromatic N) is 3. The maximum Gasteiger partial charge on any atom is 0.280 e. The van der Waals surface area contributed by atoms with Gasteiger partial charge in [0.05, 0.1) is 28.9 Å². The van der Waals surface area contributed by atoms with E-state index >= 15 is 0 Å². The Labute approximate surface area is 169 Å². The van der Waals surface area contributed by atoms with Gasteiger partial charge in [0.15, 0.2) is 5.01 Å². The Bertz CT molecular complexity index is 1030. The van der Waals surface area contributed by atoms with E-state index in [1.807, 2.05) is 18.2 Å². The number of nitrogens with two attached hydrogens (primary N) is 1. The first-order valence-corrected chi connectivity index (χ1v) is 10.1. The van der Waals surface area contributed by atoms with Gasteiger partial charge in [-0.1, -0.05) is 6.07 Å². The van der Waals surface area contributed by atoms with Crippen molar-refractivity contribution < 1.29 is 18.3 Å². The summed E-state index contributed by atoms with van der Waals surface area (Å²) in [5, 5.41) is 6.80. The van der Waals surface area contributed by atoms with Crippen LogP contribution in [0.1, 0.15) is 33.9 Å². The molecule has 29 heavy (non-hydrogen) atoms. The number of fused-ring (bicyclic) bond motifs is 1. The van der Waals surface area contributed by atoms with Gasteiger partial charge in [-0.15, -0.1) is 11.3 Å². The van der Waals surface area contributed by atoms with Gasteiger partial charge >= 0.3 is 0 Å². The van der Waals surface area contributed by atoms with E-state index in [0.717, 1.165) is 27.3 Å². The monoisotopic (exact) mass is 421 g/mol. The van der Waals surface area contributed by atoms with Crippen molar-refractivity contribution in [3.8, 4) is 11.3 Å². The fraction of sp³-hybridized carbons (Fsp3) is 0.421. The fourth-order valence-corrected chi connectivity index (χ4v) is 4.58. The number of ether oxygens (including phenoxy) is 1. The summed E-state index contributed by atoms with van der Waals surface area (Å²) in [5.41, 5.74) is 7.98. The molecule has 0 unspecified atom stereocenters. The van der Waals surface area contributed by atoms with Gasteiger partial charge in [-0.05, 0) is 25.0 Å². The molecule has 2 atom stereocenters. The number of thiazole rings is 1. The third-order valence-corrected chi connectivity index (χ3v) is 6.09. The lowest BCUT2D eigenvalue weighted by Gasteiger charge is -2.36. The maximum atomic E-state index is 14.3. The van der Waals surface area contributed by atoms with Crippen LogP contribution in [0.4, 0.5) is 8.78 Å². The summed E-state index contributed by atoms with van der Waals surface area (Å²) >= 11 is 1.12. The van der Waals surface area contributed by atoms with Crippen molar-refractivity contribution in [2.75, 3.05) is 7.11 Å². The minimum absolute atomic E-state index is 0.0934. The van der Waals surface area contributed by atoms with E-state index in [4.69, 9.17) is 10.5 Å². The Kier molecular flexibility index (Phi) is 5.32. The first-order chi connectivity index (χ1) is 13.9. The molecule has 1 fully saturated rings. The highest BCUT2D eigenvalue weighted by molar-refractivity contribution is 7.14. The summed E-state index contributed by atoms with van der Waals surface area (Å²) in [6.07, 6.45) is 3.97. The number of hydrogen-bond donors (Lipinski definition) is 2. The Morgan fingerprint density at radius 3 is 3.07 bits per heavy atom. The average molecular weight is 421 g/mol. The maximum absolute atomic E-state index is 14.3. The molecule has 1 aliphatic carbocycles. The summed E-state index contributed by atoms with van der Waals surface area (Å²) in [7, 11) is 1.54. The number of amides is 1. The van der Waals surface area contributed by atoms with Gasteiger partial charge in [0, 0.05) is 31.3 Å². The molecule has 0 radical (unpaired) electrons. The first-order valence-electron chi connectivity index (χ1n) is 9.26. The molecular formula is C19H21F2N5O2S. The Balaban J connectivity index is 1.66. The van der Waals surface area contributed by atoms with E-state index in [9.17, 15) is 13.6 Å². The highest BCUT2D eigenvalue weighted by atomic mass is 32.1. The van der Waals surface area contributed by atoms with Gasteiger partial charge in [-0.2, -0.15) is 5.10 Å². The lowest BCUT2D eigenvalue weighted by molar-refractivity contribution is -0.0674. The Hall–Kier alpha value is -2.43. The van der Waals surface area contributed by atoms with Gasteiger partial charge < -0.3 is 15.8 Å². The van der Waals surface area contributed by atoms with Crippen molar-refractivity contribution in [2.24, 2.45) is 5.73 Å².